The van der Waals surface area contributed by atoms with E-state index in [1.54, 1.807) is 11.8 Å². The summed E-state index contributed by atoms with van der Waals surface area (Å²) in [5, 5.41) is 3.37. The van der Waals surface area contributed by atoms with E-state index in [9.17, 15) is 4.79 Å². The van der Waals surface area contributed by atoms with Gasteiger partial charge in [-0.25, -0.2) is 0 Å². The molecule has 0 unspecified atom stereocenters. The van der Waals surface area contributed by atoms with Gasteiger partial charge in [0.15, 0.2) is 0 Å². The molecule has 0 bridgehead atoms. The minimum atomic E-state index is 0.149. The van der Waals surface area contributed by atoms with Crippen LogP contribution in [0.5, 0.6) is 0 Å². The molecule has 0 saturated carbocycles. The zero-order valence-electron chi connectivity index (χ0n) is 8.91. The zero-order valence-corrected chi connectivity index (χ0v) is 9.73. The number of thioether (sulfide) groups is 1. The number of carbonyl (C=O) groups is 1. The molecule has 0 aromatic carbocycles. The van der Waals surface area contributed by atoms with E-state index in [0.29, 0.717) is 17.1 Å². The van der Waals surface area contributed by atoms with Crippen LogP contribution in [0.15, 0.2) is 0 Å². The molecule has 1 saturated heterocycles. The second kappa shape index (κ2) is 6.30. The van der Waals surface area contributed by atoms with Crippen LogP contribution in [0.3, 0.4) is 0 Å². The Bertz CT molecular complexity index is 187. The van der Waals surface area contributed by atoms with Crippen molar-refractivity contribution in [1.29, 1.82) is 0 Å². The first-order chi connectivity index (χ1) is 6.74. The van der Waals surface area contributed by atoms with Crippen molar-refractivity contribution in [2.45, 2.75) is 38.0 Å². The summed E-state index contributed by atoms with van der Waals surface area (Å²) < 4.78 is 5.43. The molecule has 0 radical (unpaired) electrons. The molecule has 0 aromatic rings. The summed E-state index contributed by atoms with van der Waals surface area (Å²) in [6.45, 7) is 5.76. The molecule has 1 aliphatic rings. The molecule has 1 heterocycles. The average Bonchev–Trinajstić information content (AvgIpc) is 2.58. The van der Waals surface area contributed by atoms with Crippen LogP contribution in [0.1, 0.15) is 26.7 Å². The molecule has 1 rings (SSSR count). The van der Waals surface area contributed by atoms with Gasteiger partial charge in [0.25, 0.3) is 0 Å². The highest BCUT2D eigenvalue weighted by Gasteiger charge is 2.24. The molecular formula is C10H19NO2S. The van der Waals surface area contributed by atoms with E-state index in [0.717, 1.165) is 26.0 Å². The predicted molar refractivity (Wildman–Crippen MR) is 59.6 cm³/mol. The molecule has 3 nitrogen and oxygen atoms in total. The Balaban J connectivity index is 2.10. The largest absolute Gasteiger partial charge is 0.377 e. The highest BCUT2D eigenvalue weighted by atomic mass is 32.2. The van der Waals surface area contributed by atoms with E-state index in [2.05, 4.69) is 19.2 Å². The van der Waals surface area contributed by atoms with Crippen molar-refractivity contribution in [2.75, 3.05) is 18.9 Å². The van der Waals surface area contributed by atoms with Crippen LogP contribution >= 0.6 is 11.8 Å². The summed E-state index contributed by atoms with van der Waals surface area (Å²) in [5.41, 5.74) is 0. The summed E-state index contributed by atoms with van der Waals surface area (Å²) in [6, 6.07) is 0. The topological polar surface area (TPSA) is 38.3 Å². The minimum absolute atomic E-state index is 0.149. The second-order valence-corrected chi connectivity index (χ2v) is 4.79. The lowest BCUT2D eigenvalue weighted by atomic mass is 10.3. The lowest BCUT2D eigenvalue weighted by Gasteiger charge is -2.12. The Morgan fingerprint density at radius 3 is 3.00 bits per heavy atom. The Morgan fingerprint density at radius 2 is 2.43 bits per heavy atom. The van der Waals surface area contributed by atoms with Gasteiger partial charge in [-0.1, -0.05) is 6.92 Å². The van der Waals surface area contributed by atoms with Crippen molar-refractivity contribution in [2.24, 2.45) is 0 Å². The molecule has 0 aromatic heterocycles. The smallest absolute Gasteiger partial charge is 0.230 e. The summed E-state index contributed by atoms with van der Waals surface area (Å²) in [5.74, 6) is 0.717. The fourth-order valence-corrected chi connectivity index (χ4v) is 2.51. The third kappa shape index (κ3) is 3.88. The van der Waals surface area contributed by atoms with Gasteiger partial charge in [-0.15, -0.1) is 11.8 Å². The first-order valence-electron chi connectivity index (χ1n) is 5.24. The molecule has 0 spiro atoms. The van der Waals surface area contributed by atoms with Crippen molar-refractivity contribution in [3.8, 4) is 0 Å². The van der Waals surface area contributed by atoms with Crippen LogP contribution in [0.25, 0.3) is 0 Å². The quantitative estimate of drug-likeness (QED) is 0.757. The van der Waals surface area contributed by atoms with Crippen LogP contribution in [-0.4, -0.2) is 36.2 Å². The van der Waals surface area contributed by atoms with Gasteiger partial charge in [-0.05, 0) is 19.8 Å². The number of rotatable bonds is 5. The van der Waals surface area contributed by atoms with E-state index in [1.165, 1.54) is 0 Å². The fourth-order valence-electron chi connectivity index (χ4n) is 1.43. The summed E-state index contributed by atoms with van der Waals surface area (Å²) in [4.78, 5) is 11.3. The molecular weight excluding hydrogens is 198 g/mol. The average molecular weight is 217 g/mol. The van der Waals surface area contributed by atoms with Gasteiger partial charge in [-0.2, -0.15) is 0 Å². The number of ether oxygens (including phenoxy) is 1. The van der Waals surface area contributed by atoms with Gasteiger partial charge < -0.3 is 10.1 Å². The highest BCUT2D eigenvalue weighted by molar-refractivity contribution is 8.00. The summed E-state index contributed by atoms with van der Waals surface area (Å²) in [6.07, 6.45) is 2.38. The number of nitrogens with one attached hydrogen (secondary N) is 1. The molecule has 1 amide bonds. The van der Waals surface area contributed by atoms with Crippen molar-refractivity contribution < 1.29 is 9.53 Å². The first kappa shape index (κ1) is 11.9. The van der Waals surface area contributed by atoms with Crippen molar-refractivity contribution in [3.63, 3.8) is 0 Å². The van der Waals surface area contributed by atoms with Crippen molar-refractivity contribution >= 4 is 17.7 Å². The molecule has 2 atom stereocenters. The molecule has 14 heavy (non-hydrogen) atoms. The molecule has 0 aliphatic carbocycles. The lowest BCUT2D eigenvalue weighted by molar-refractivity contribution is -0.118. The van der Waals surface area contributed by atoms with Gasteiger partial charge in [0.1, 0.15) is 0 Å². The monoisotopic (exact) mass is 217 g/mol. The number of amides is 1. The third-order valence-corrected chi connectivity index (χ3v) is 3.78. The molecule has 1 N–H and O–H groups in total. The van der Waals surface area contributed by atoms with E-state index in [4.69, 9.17) is 4.74 Å². The normalized spacial score (nSPS) is 26.4. The number of hydrogen-bond donors (Lipinski definition) is 1. The Labute approximate surface area is 90.0 Å². The maximum atomic E-state index is 11.3. The second-order valence-electron chi connectivity index (χ2n) is 3.56. The lowest BCUT2D eigenvalue weighted by Crippen LogP contribution is -2.27. The molecule has 1 aliphatic heterocycles. The van der Waals surface area contributed by atoms with Crippen LogP contribution in [0.4, 0.5) is 0 Å². The van der Waals surface area contributed by atoms with Crippen LogP contribution in [-0.2, 0) is 9.53 Å². The third-order valence-electron chi connectivity index (χ3n) is 2.31. The van der Waals surface area contributed by atoms with E-state index in [1.807, 2.05) is 0 Å². The van der Waals surface area contributed by atoms with Gasteiger partial charge in [-0.3, -0.25) is 4.79 Å². The summed E-state index contributed by atoms with van der Waals surface area (Å²) in [7, 11) is 0. The number of carbonyl (C=O) groups excluding carboxylic acids is 1. The van der Waals surface area contributed by atoms with E-state index < -0.39 is 0 Å². The van der Waals surface area contributed by atoms with E-state index in [-0.39, 0.29) is 5.91 Å². The summed E-state index contributed by atoms with van der Waals surface area (Å²) >= 11 is 1.71. The van der Waals surface area contributed by atoms with Crippen LogP contribution in [0, 0.1) is 0 Å². The maximum Gasteiger partial charge on any atom is 0.230 e. The SMILES string of the molecule is CCCNC(=O)CS[C@H]1CCO[C@@H]1C. The molecule has 4 heteroatoms. The standard InChI is InChI=1S/C10H19NO2S/c1-3-5-11-10(12)7-14-9-4-6-13-8(9)2/h8-9H,3-7H2,1-2H3,(H,11,12)/t8-,9+/m1/s1. The zero-order chi connectivity index (χ0) is 10.4. The van der Waals surface area contributed by atoms with Gasteiger partial charge in [0.05, 0.1) is 11.9 Å². The molecule has 82 valence electrons. The Morgan fingerprint density at radius 1 is 1.64 bits per heavy atom. The van der Waals surface area contributed by atoms with Crippen LogP contribution < -0.4 is 5.32 Å². The van der Waals surface area contributed by atoms with Gasteiger partial charge in [0, 0.05) is 18.4 Å². The fraction of sp³-hybridized carbons (Fsp3) is 0.900. The highest BCUT2D eigenvalue weighted by Crippen LogP contribution is 2.25. The first-order valence-corrected chi connectivity index (χ1v) is 6.28. The van der Waals surface area contributed by atoms with Crippen molar-refractivity contribution in [1.82, 2.24) is 5.32 Å². The maximum absolute atomic E-state index is 11.3. The van der Waals surface area contributed by atoms with E-state index >= 15 is 0 Å². The van der Waals surface area contributed by atoms with Gasteiger partial charge in [0.2, 0.25) is 5.91 Å². The Hall–Kier alpha value is -0.220. The molecule has 1 fully saturated rings. The van der Waals surface area contributed by atoms with Crippen molar-refractivity contribution in [3.05, 3.63) is 0 Å². The Kier molecular flexibility index (Phi) is 5.33. The minimum Gasteiger partial charge on any atom is -0.377 e. The van der Waals surface area contributed by atoms with Gasteiger partial charge >= 0.3 is 0 Å². The number of hydrogen-bond acceptors (Lipinski definition) is 3. The van der Waals surface area contributed by atoms with Crippen LogP contribution in [0.2, 0.25) is 0 Å². The predicted octanol–water partition coefficient (Wildman–Crippen LogP) is 1.42.